The zero-order valence-electron chi connectivity index (χ0n) is 8.59. The fraction of sp³-hybridized carbons (Fsp3) is 0.455. The van der Waals surface area contributed by atoms with Gasteiger partial charge in [0.25, 0.3) is 0 Å². The van der Waals surface area contributed by atoms with Crippen molar-refractivity contribution in [3.8, 4) is 6.07 Å². The maximum Gasteiger partial charge on any atom is 0.142 e. The number of nitrogens with zero attached hydrogens (tertiary/aromatic N) is 3. The molecule has 15 heavy (non-hydrogen) atoms. The smallest absolute Gasteiger partial charge is 0.142 e. The fourth-order valence-electron chi connectivity index (χ4n) is 2.02. The predicted molar refractivity (Wildman–Crippen MR) is 56.4 cm³/mol. The number of aromatic nitrogens is 1. The van der Waals surface area contributed by atoms with Crippen LogP contribution < -0.4 is 4.90 Å². The lowest BCUT2D eigenvalue weighted by Crippen LogP contribution is -2.27. The highest BCUT2D eigenvalue weighted by atomic mass is 16.3. The van der Waals surface area contributed by atoms with Crippen LogP contribution in [0, 0.1) is 11.3 Å². The molecule has 0 aromatic carbocycles. The van der Waals surface area contributed by atoms with E-state index in [1.807, 2.05) is 12.1 Å². The average Bonchev–Trinajstić information content (AvgIpc) is 2.58. The van der Waals surface area contributed by atoms with Crippen LogP contribution in [0.5, 0.6) is 0 Å². The first kappa shape index (κ1) is 9.94. The van der Waals surface area contributed by atoms with E-state index in [9.17, 15) is 5.11 Å². The van der Waals surface area contributed by atoms with Gasteiger partial charge < -0.3 is 10.0 Å². The first-order chi connectivity index (χ1) is 7.20. The minimum Gasteiger partial charge on any atom is -0.391 e. The molecule has 1 aromatic heterocycles. The van der Waals surface area contributed by atoms with Crippen LogP contribution >= 0.6 is 0 Å². The molecule has 78 valence electrons. The van der Waals surface area contributed by atoms with Gasteiger partial charge in [-0.3, -0.25) is 0 Å². The number of pyridine rings is 1. The van der Waals surface area contributed by atoms with Crippen LogP contribution in [-0.4, -0.2) is 28.8 Å². The third-order valence-corrected chi connectivity index (χ3v) is 2.74. The van der Waals surface area contributed by atoms with Gasteiger partial charge in [0, 0.05) is 24.5 Å². The van der Waals surface area contributed by atoms with Gasteiger partial charge in [0.15, 0.2) is 0 Å². The average molecular weight is 203 g/mol. The standard InChI is InChI=1S/C11H13N3O/c1-8-4-11(15)7-14(8)10-2-3-13-9(5-10)6-12/h2-3,5,8,11,15H,4,7H2,1H3. The van der Waals surface area contributed by atoms with Crippen molar-refractivity contribution in [3.05, 3.63) is 24.0 Å². The van der Waals surface area contributed by atoms with Gasteiger partial charge in [-0.25, -0.2) is 4.98 Å². The number of anilines is 1. The van der Waals surface area contributed by atoms with E-state index in [0.29, 0.717) is 18.3 Å². The summed E-state index contributed by atoms with van der Waals surface area (Å²) >= 11 is 0. The normalized spacial score (nSPS) is 25.3. The third kappa shape index (κ3) is 1.92. The Balaban J connectivity index is 2.26. The lowest BCUT2D eigenvalue weighted by molar-refractivity contribution is 0.195. The molecular formula is C11H13N3O. The summed E-state index contributed by atoms with van der Waals surface area (Å²) in [6, 6.07) is 5.96. The van der Waals surface area contributed by atoms with Crippen LogP contribution in [0.3, 0.4) is 0 Å². The van der Waals surface area contributed by atoms with Crippen molar-refractivity contribution in [2.45, 2.75) is 25.5 Å². The van der Waals surface area contributed by atoms with E-state index in [2.05, 4.69) is 16.8 Å². The number of aliphatic hydroxyl groups is 1. The molecule has 0 radical (unpaired) electrons. The Hall–Kier alpha value is -1.60. The Morgan fingerprint density at radius 1 is 1.67 bits per heavy atom. The third-order valence-electron chi connectivity index (χ3n) is 2.74. The Morgan fingerprint density at radius 3 is 3.07 bits per heavy atom. The van der Waals surface area contributed by atoms with Crippen LogP contribution in [0.1, 0.15) is 19.0 Å². The predicted octanol–water partition coefficient (Wildman–Crippen LogP) is 0.913. The maximum atomic E-state index is 9.54. The molecule has 1 aliphatic rings. The lowest BCUT2D eigenvalue weighted by Gasteiger charge is -2.23. The molecule has 0 amide bonds. The molecule has 1 fully saturated rings. The lowest BCUT2D eigenvalue weighted by atomic mass is 10.2. The zero-order chi connectivity index (χ0) is 10.8. The number of nitriles is 1. The van der Waals surface area contributed by atoms with Gasteiger partial charge in [-0.2, -0.15) is 5.26 Å². The summed E-state index contributed by atoms with van der Waals surface area (Å²) in [6.07, 6.45) is 2.15. The van der Waals surface area contributed by atoms with Crippen molar-refractivity contribution in [1.82, 2.24) is 4.98 Å². The molecule has 1 aromatic rings. The highest BCUT2D eigenvalue weighted by Crippen LogP contribution is 2.25. The Kier molecular flexibility index (Phi) is 2.57. The van der Waals surface area contributed by atoms with E-state index in [0.717, 1.165) is 12.1 Å². The minimum atomic E-state index is -0.265. The summed E-state index contributed by atoms with van der Waals surface area (Å²) < 4.78 is 0. The molecule has 1 aliphatic heterocycles. The van der Waals surface area contributed by atoms with E-state index in [-0.39, 0.29) is 6.10 Å². The molecular weight excluding hydrogens is 190 g/mol. The highest BCUT2D eigenvalue weighted by Gasteiger charge is 2.27. The second kappa shape index (κ2) is 3.87. The first-order valence-corrected chi connectivity index (χ1v) is 5.01. The van der Waals surface area contributed by atoms with Crippen molar-refractivity contribution in [2.24, 2.45) is 0 Å². The Morgan fingerprint density at radius 2 is 2.47 bits per heavy atom. The number of rotatable bonds is 1. The fourth-order valence-corrected chi connectivity index (χ4v) is 2.02. The second-order valence-corrected chi connectivity index (χ2v) is 3.90. The monoisotopic (exact) mass is 203 g/mol. The van der Waals surface area contributed by atoms with Crippen LogP contribution in [0.4, 0.5) is 5.69 Å². The second-order valence-electron chi connectivity index (χ2n) is 3.90. The van der Waals surface area contributed by atoms with E-state index in [1.165, 1.54) is 0 Å². The Bertz CT molecular complexity index is 399. The molecule has 2 rings (SSSR count). The SMILES string of the molecule is CC1CC(O)CN1c1ccnc(C#N)c1. The van der Waals surface area contributed by atoms with Crippen LogP contribution in [0.2, 0.25) is 0 Å². The molecule has 1 saturated heterocycles. The Labute approximate surface area is 88.8 Å². The zero-order valence-corrected chi connectivity index (χ0v) is 8.59. The van der Waals surface area contributed by atoms with Crippen LogP contribution in [0.15, 0.2) is 18.3 Å². The highest BCUT2D eigenvalue weighted by molar-refractivity contribution is 5.50. The summed E-state index contributed by atoms with van der Waals surface area (Å²) in [7, 11) is 0. The number of hydrogen-bond donors (Lipinski definition) is 1. The van der Waals surface area contributed by atoms with Crippen molar-refractivity contribution in [2.75, 3.05) is 11.4 Å². The topological polar surface area (TPSA) is 60.1 Å². The molecule has 1 N–H and O–H groups in total. The first-order valence-electron chi connectivity index (χ1n) is 5.01. The number of β-amino-alcohol motifs (C(OH)–C–C–N with tert-alkyl or cyclic N) is 1. The van der Waals surface area contributed by atoms with Crippen molar-refractivity contribution >= 4 is 5.69 Å². The number of aliphatic hydroxyl groups excluding tert-OH is 1. The molecule has 0 bridgehead atoms. The summed E-state index contributed by atoms with van der Waals surface area (Å²) in [5.74, 6) is 0. The van der Waals surface area contributed by atoms with E-state index in [1.54, 1.807) is 12.3 Å². The number of hydrogen-bond acceptors (Lipinski definition) is 4. The van der Waals surface area contributed by atoms with Crippen LogP contribution in [0.25, 0.3) is 0 Å². The molecule has 2 atom stereocenters. The van der Waals surface area contributed by atoms with Gasteiger partial charge in [0.2, 0.25) is 0 Å². The molecule has 4 nitrogen and oxygen atoms in total. The van der Waals surface area contributed by atoms with Crippen molar-refractivity contribution in [3.63, 3.8) is 0 Å². The van der Waals surface area contributed by atoms with E-state index >= 15 is 0 Å². The molecule has 4 heteroatoms. The summed E-state index contributed by atoms with van der Waals surface area (Å²) in [4.78, 5) is 6.03. The van der Waals surface area contributed by atoms with Gasteiger partial charge in [-0.1, -0.05) is 0 Å². The summed E-state index contributed by atoms with van der Waals surface area (Å²) in [5, 5.41) is 18.3. The van der Waals surface area contributed by atoms with Gasteiger partial charge in [0.1, 0.15) is 11.8 Å². The van der Waals surface area contributed by atoms with Gasteiger partial charge >= 0.3 is 0 Å². The van der Waals surface area contributed by atoms with Gasteiger partial charge in [-0.15, -0.1) is 0 Å². The molecule has 2 unspecified atom stereocenters. The van der Waals surface area contributed by atoms with Crippen LogP contribution in [-0.2, 0) is 0 Å². The van der Waals surface area contributed by atoms with Crippen molar-refractivity contribution < 1.29 is 5.11 Å². The maximum absolute atomic E-state index is 9.54. The van der Waals surface area contributed by atoms with Gasteiger partial charge in [-0.05, 0) is 25.5 Å². The quantitative estimate of drug-likeness (QED) is 0.737. The molecule has 0 saturated carbocycles. The summed E-state index contributed by atoms with van der Waals surface area (Å²) in [5.41, 5.74) is 1.38. The molecule has 2 heterocycles. The van der Waals surface area contributed by atoms with E-state index in [4.69, 9.17) is 5.26 Å². The van der Waals surface area contributed by atoms with Crippen molar-refractivity contribution in [1.29, 1.82) is 5.26 Å². The minimum absolute atomic E-state index is 0.265. The largest absolute Gasteiger partial charge is 0.391 e. The molecule has 0 spiro atoms. The van der Waals surface area contributed by atoms with E-state index < -0.39 is 0 Å². The summed E-state index contributed by atoms with van der Waals surface area (Å²) in [6.45, 7) is 2.71. The van der Waals surface area contributed by atoms with Gasteiger partial charge in [0.05, 0.1) is 6.10 Å². The molecule has 0 aliphatic carbocycles.